The Hall–Kier alpha value is -1.55. The highest BCUT2D eigenvalue weighted by Gasteiger charge is 2.27. The van der Waals surface area contributed by atoms with Gasteiger partial charge in [-0.05, 0) is 38.7 Å². The third-order valence-corrected chi connectivity index (χ3v) is 4.34. The number of nitrogens with zero attached hydrogens (tertiary/aromatic N) is 1. The first kappa shape index (κ1) is 15.8. The molecule has 0 aliphatic heterocycles. The van der Waals surface area contributed by atoms with Crippen molar-refractivity contribution in [2.45, 2.75) is 45.2 Å². The summed E-state index contributed by atoms with van der Waals surface area (Å²) in [4.78, 5) is 14.4. The number of carbonyl (C=O) groups excluding carboxylic acids is 1. The van der Waals surface area contributed by atoms with E-state index in [2.05, 4.69) is 6.07 Å². The number of carbonyl (C=O) groups is 1. The van der Waals surface area contributed by atoms with Gasteiger partial charge in [0.1, 0.15) is 5.75 Å². The average Bonchev–Trinajstić information content (AvgIpc) is 2.47. The van der Waals surface area contributed by atoms with E-state index in [-0.39, 0.29) is 17.9 Å². The summed E-state index contributed by atoms with van der Waals surface area (Å²) in [5, 5.41) is 0. The van der Waals surface area contributed by atoms with Gasteiger partial charge < -0.3 is 15.4 Å². The van der Waals surface area contributed by atoms with Crippen LogP contribution in [-0.4, -0.2) is 31.0 Å². The lowest BCUT2D eigenvalue weighted by Crippen LogP contribution is -2.37. The third-order valence-electron chi connectivity index (χ3n) is 4.34. The van der Waals surface area contributed by atoms with Crippen LogP contribution in [0, 0.1) is 12.8 Å². The van der Waals surface area contributed by atoms with E-state index in [0.29, 0.717) is 6.54 Å². The molecular formula is C17H26N2O2. The molecule has 0 unspecified atom stereocenters. The summed E-state index contributed by atoms with van der Waals surface area (Å²) < 4.78 is 5.39. The highest BCUT2D eigenvalue weighted by Crippen LogP contribution is 2.26. The van der Waals surface area contributed by atoms with Crippen LogP contribution in [0.25, 0.3) is 0 Å². The minimum absolute atomic E-state index is 0.130. The van der Waals surface area contributed by atoms with E-state index in [0.717, 1.165) is 37.0 Å². The van der Waals surface area contributed by atoms with Crippen molar-refractivity contribution < 1.29 is 9.53 Å². The number of amides is 1. The van der Waals surface area contributed by atoms with Gasteiger partial charge in [-0.3, -0.25) is 4.79 Å². The number of hydrogen-bond donors (Lipinski definition) is 1. The van der Waals surface area contributed by atoms with Gasteiger partial charge in [0.25, 0.3) is 0 Å². The average molecular weight is 290 g/mol. The summed E-state index contributed by atoms with van der Waals surface area (Å²) >= 11 is 0. The van der Waals surface area contributed by atoms with Gasteiger partial charge in [0.15, 0.2) is 0 Å². The Kier molecular flexibility index (Phi) is 5.23. The van der Waals surface area contributed by atoms with Crippen molar-refractivity contribution in [3.05, 3.63) is 29.3 Å². The Morgan fingerprint density at radius 2 is 2.00 bits per heavy atom. The zero-order valence-electron chi connectivity index (χ0n) is 13.3. The molecule has 1 aromatic rings. The molecule has 2 N–H and O–H groups in total. The fourth-order valence-corrected chi connectivity index (χ4v) is 3.04. The maximum Gasteiger partial charge on any atom is 0.225 e. The van der Waals surface area contributed by atoms with Gasteiger partial charge in [0, 0.05) is 31.1 Å². The Balaban J connectivity index is 2.02. The Morgan fingerprint density at radius 1 is 1.33 bits per heavy atom. The summed E-state index contributed by atoms with van der Waals surface area (Å²) in [7, 11) is 3.54. The van der Waals surface area contributed by atoms with Gasteiger partial charge in [0.05, 0.1) is 7.11 Å². The maximum absolute atomic E-state index is 12.5. The molecule has 1 aliphatic carbocycles. The van der Waals surface area contributed by atoms with Crippen LogP contribution in [0.2, 0.25) is 0 Å². The molecule has 1 aromatic carbocycles. The van der Waals surface area contributed by atoms with E-state index >= 15 is 0 Å². The normalized spacial score (nSPS) is 21.9. The number of benzene rings is 1. The van der Waals surface area contributed by atoms with Gasteiger partial charge in [-0.25, -0.2) is 0 Å². The Labute approximate surface area is 127 Å². The number of ether oxygens (including phenoxy) is 1. The summed E-state index contributed by atoms with van der Waals surface area (Å²) in [6, 6.07) is 6.34. The number of aryl methyl sites for hydroxylation is 1. The topological polar surface area (TPSA) is 55.6 Å². The minimum Gasteiger partial charge on any atom is -0.496 e. The lowest BCUT2D eigenvalue weighted by atomic mass is 9.85. The van der Waals surface area contributed by atoms with Crippen LogP contribution in [0.4, 0.5) is 0 Å². The fraction of sp³-hybridized carbons (Fsp3) is 0.588. The van der Waals surface area contributed by atoms with Crippen LogP contribution in [0.5, 0.6) is 5.75 Å². The van der Waals surface area contributed by atoms with Gasteiger partial charge in [-0.15, -0.1) is 0 Å². The molecule has 2 rings (SSSR count). The van der Waals surface area contributed by atoms with Crippen molar-refractivity contribution in [1.29, 1.82) is 0 Å². The van der Waals surface area contributed by atoms with Crippen molar-refractivity contribution in [3.63, 3.8) is 0 Å². The van der Waals surface area contributed by atoms with Gasteiger partial charge in [-0.2, -0.15) is 0 Å². The molecule has 1 saturated carbocycles. The molecule has 4 heteroatoms. The van der Waals surface area contributed by atoms with E-state index in [1.165, 1.54) is 5.56 Å². The van der Waals surface area contributed by atoms with E-state index in [9.17, 15) is 4.79 Å². The van der Waals surface area contributed by atoms with Crippen molar-refractivity contribution in [3.8, 4) is 5.75 Å². The van der Waals surface area contributed by atoms with Crippen molar-refractivity contribution in [2.24, 2.45) is 11.7 Å². The number of nitrogens with two attached hydrogens (primary N) is 1. The van der Waals surface area contributed by atoms with Crippen LogP contribution in [0.3, 0.4) is 0 Å². The number of hydrogen-bond acceptors (Lipinski definition) is 3. The molecule has 1 fully saturated rings. The van der Waals surface area contributed by atoms with Crippen LogP contribution < -0.4 is 10.5 Å². The fourth-order valence-electron chi connectivity index (χ4n) is 3.04. The van der Waals surface area contributed by atoms with Gasteiger partial charge in [-0.1, -0.05) is 17.7 Å². The van der Waals surface area contributed by atoms with Crippen molar-refractivity contribution >= 4 is 5.91 Å². The monoisotopic (exact) mass is 290 g/mol. The molecular weight excluding hydrogens is 264 g/mol. The SMILES string of the molecule is COc1ccc(C)cc1CN(C)C(=O)C1CCC(N)CC1. The molecule has 4 nitrogen and oxygen atoms in total. The summed E-state index contributed by atoms with van der Waals surface area (Å²) in [6.07, 6.45) is 3.74. The summed E-state index contributed by atoms with van der Waals surface area (Å²) in [5.41, 5.74) is 8.14. The first-order valence-corrected chi connectivity index (χ1v) is 7.65. The molecule has 116 valence electrons. The van der Waals surface area contributed by atoms with Crippen LogP contribution >= 0.6 is 0 Å². The molecule has 21 heavy (non-hydrogen) atoms. The van der Waals surface area contributed by atoms with Gasteiger partial charge in [0.2, 0.25) is 5.91 Å². The number of methoxy groups -OCH3 is 1. The largest absolute Gasteiger partial charge is 0.496 e. The van der Waals surface area contributed by atoms with E-state index < -0.39 is 0 Å². The standard InChI is InChI=1S/C17H26N2O2/c1-12-4-9-16(21-3)14(10-12)11-19(2)17(20)13-5-7-15(18)8-6-13/h4,9-10,13,15H,5-8,11,18H2,1-3H3. The van der Waals surface area contributed by atoms with Crippen molar-refractivity contribution in [1.82, 2.24) is 4.90 Å². The highest BCUT2D eigenvalue weighted by atomic mass is 16.5. The molecule has 0 aromatic heterocycles. The highest BCUT2D eigenvalue weighted by molar-refractivity contribution is 5.78. The second kappa shape index (κ2) is 6.94. The molecule has 0 atom stereocenters. The second-order valence-corrected chi connectivity index (χ2v) is 6.12. The second-order valence-electron chi connectivity index (χ2n) is 6.12. The first-order valence-electron chi connectivity index (χ1n) is 7.65. The third kappa shape index (κ3) is 3.97. The lowest BCUT2D eigenvalue weighted by molar-refractivity contribution is -0.135. The predicted molar refractivity (Wildman–Crippen MR) is 84.1 cm³/mol. The molecule has 0 saturated heterocycles. The van der Waals surface area contributed by atoms with E-state index in [1.807, 2.05) is 31.0 Å². The van der Waals surface area contributed by atoms with Gasteiger partial charge >= 0.3 is 0 Å². The van der Waals surface area contributed by atoms with Crippen LogP contribution in [-0.2, 0) is 11.3 Å². The molecule has 1 aliphatic rings. The smallest absolute Gasteiger partial charge is 0.225 e. The lowest BCUT2D eigenvalue weighted by Gasteiger charge is -2.29. The number of rotatable bonds is 4. The van der Waals surface area contributed by atoms with Crippen molar-refractivity contribution in [2.75, 3.05) is 14.2 Å². The molecule has 1 amide bonds. The molecule has 0 bridgehead atoms. The zero-order chi connectivity index (χ0) is 15.4. The molecule has 0 spiro atoms. The van der Waals surface area contributed by atoms with E-state index in [1.54, 1.807) is 7.11 Å². The summed E-state index contributed by atoms with van der Waals surface area (Å²) in [5.74, 6) is 1.20. The summed E-state index contributed by atoms with van der Waals surface area (Å²) in [6.45, 7) is 2.64. The molecule has 0 radical (unpaired) electrons. The first-order chi connectivity index (χ1) is 10.0. The maximum atomic E-state index is 12.5. The Bertz CT molecular complexity index is 494. The Morgan fingerprint density at radius 3 is 2.62 bits per heavy atom. The van der Waals surface area contributed by atoms with Crippen LogP contribution in [0.15, 0.2) is 18.2 Å². The zero-order valence-corrected chi connectivity index (χ0v) is 13.3. The minimum atomic E-state index is 0.130. The van der Waals surface area contributed by atoms with Crippen LogP contribution in [0.1, 0.15) is 36.8 Å². The quantitative estimate of drug-likeness (QED) is 0.927. The van der Waals surface area contributed by atoms with E-state index in [4.69, 9.17) is 10.5 Å². The predicted octanol–water partition coefficient (Wildman–Crippen LogP) is 2.48. The molecule has 0 heterocycles.